The number of aromatic nitrogens is 4. The smallest absolute Gasteiger partial charge is 0.328 e. The van der Waals surface area contributed by atoms with Crippen LogP contribution in [-0.4, -0.2) is 136 Å². The van der Waals surface area contributed by atoms with Crippen LogP contribution in [0.15, 0.2) is 36.5 Å². The molecule has 4 aromatic rings. The van der Waals surface area contributed by atoms with Crippen molar-refractivity contribution in [3.05, 3.63) is 69.8 Å². The van der Waals surface area contributed by atoms with Crippen LogP contribution in [0.2, 0.25) is 5.02 Å². The molecule has 8 heterocycles. The summed E-state index contributed by atoms with van der Waals surface area (Å²) in [7, 11) is 3.37. The van der Waals surface area contributed by atoms with Crippen molar-refractivity contribution in [2.75, 3.05) is 81.6 Å². The van der Waals surface area contributed by atoms with E-state index in [1.165, 1.54) is 11.1 Å². The zero-order chi connectivity index (χ0) is 44.9. The first kappa shape index (κ1) is 43.8. The molecule has 1 aromatic carbocycles. The molecule has 1 atom stereocenters. The fourth-order valence-electron chi connectivity index (χ4n) is 10.5. The summed E-state index contributed by atoms with van der Waals surface area (Å²) in [6, 6.07) is 8.18. The predicted molar refractivity (Wildman–Crippen MR) is 239 cm³/mol. The lowest BCUT2D eigenvalue weighted by molar-refractivity contribution is -0.134. The largest absolute Gasteiger partial charge is 0.385 e. The molecule has 4 saturated heterocycles. The molecule has 4 fully saturated rings. The molecule has 9 rings (SSSR count). The van der Waals surface area contributed by atoms with E-state index in [1.807, 2.05) is 34.1 Å². The molecule has 3 aromatic heterocycles. The Kier molecular flexibility index (Phi) is 12.2. The lowest BCUT2D eigenvalue weighted by Crippen LogP contribution is -2.59. The lowest BCUT2D eigenvalue weighted by atomic mass is 9.82. The van der Waals surface area contributed by atoms with Gasteiger partial charge in [-0.15, -0.1) is 5.10 Å². The number of nitrogens with one attached hydrogen (secondary N) is 3. The number of fused-ring (bicyclic) bond motifs is 2. The monoisotopic (exact) mass is 900 g/mol. The summed E-state index contributed by atoms with van der Waals surface area (Å²) in [5.41, 5.74) is 5.78. The van der Waals surface area contributed by atoms with Crippen molar-refractivity contribution in [2.24, 2.45) is 11.8 Å². The van der Waals surface area contributed by atoms with E-state index in [0.717, 1.165) is 61.0 Å². The van der Waals surface area contributed by atoms with Crippen LogP contribution in [0.4, 0.5) is 36.5 Å². The highest BCUT2D eigenvalue weighted by molar-refractivity contribution is 6.34. The van der Waals surface area contributed by atoms with Crippen molar-refractivity contribution in [1.82, 2.24) is 44.9 Å². The Morgan fingerprint density at radius 2 is 1.66 bits per heavy atom. The van der Waals surface area contributed by atoms with Gasteiger partial charge in [-0.05, 0) is 100 Å². The minimum atomic E-state index is -2.85. The van der Waals surface area contributed by atoms with E-state index in [1.54, 1.807) is 36.5 Å². The average molecular weight is 901 g/mol. The Balaban J connectivity index is 0.763. The molecular formula is C45H55ClF2N12O4. The van der Waals surface area contributed by atoms with Gasteiger partial charge in [-0.1, -0.05) is 23.7 Å². The van der Waals surface area contributed by atoms with Gasteiger partial charge in [-0.3, -0.25) is 34.4 Å². The quantitative estimate of drug-likeness (QED) is 0.185. The first-order valence-corrected chi connectivity index (χ1v) is 22.8. The van der Waals surface area contributed by atoms with Gasteiger partial charge in [0, 0.05) is 71.5 Å². The number of hydrogen-bond donors (Lipinski definition) is 3. The van der Waals surface area contributed by atoms with Gasteiger partial charge in [0.25, 0.3) is 17.7 Å². The SMILES string of the molecule is CNC(=O)c1cnc2c(NC)cc(N3CCc4c(CN5CCC(N6CCC(CC7CCN(C(=O)c8cc(N9CCC(=O)NC9=O)c(Cl)c(C)n8)CC7)CC6)C(F)(F)C5)cccc43)nn12. The summed E-state index contributed by atoms with van der Waals surface area (Å²) in [6.07, 6.45) is 7.33. The number of benzene rings is 1. The summed E-state index contributed by atoms with van der Waals surface area (Å²) < 4.78 is 33.8. The molecule has 19 heteroatoms. The molecule has 0 spiro atoms. The third-order valence-electron chi connectivity index (χ3n) is 13.9. The van der Waals surface area contributed by atoms with E-state index in [2.05, 4.69) is 30.8 Å². The highest BCUT2D eigenvalue weighted by atomic mass is 35.5. The van der Waals surface area contributed by atoms with E-state index in [-0.39, 0.29) is 47.9 Å². The van der Waals surface area contributed by atoms with Crippen LogP contribution in [0, 0.1) is 18.8 Å². The average Bonchev–Trinajstić information content (AvgIpc) is 3.93. The molecule has 5 amide bonds. The third kappa shape index (κ3) is 8.46. The standard InChI is InChI=1S/C45H55ClF2N12O4/c1-27-40(46)35(59-20-13-39(61)53-44(59)64)22-33(52-27)43(63)57-17-9-29(10-18-57)21-28-7-15-56(16-8-28)37-12-14-55(26-45(37,47)48)25-30-5-4-6-34-31(30)11-19-58(34)38-23-32(49-2)41-51-24-36(42(62)50-3)60(41)54-38/h4-6,22-24,28-29,37,49H,7-21,25-26H2,1-3H3,(H,50,62)(H,53,61,64). The molecule has 5 aliphatic rings. The van der Waals surface area contributed by atoms with Crippen LogP contribution >= 0.6 is 11.6 Å². The van der Waals surface area contributed by atoms with Crippen molar-refractivity contribution in [1.29, 1.82) is 0 Å². The number of imide groups is 1. The van der Waals surface area contributed by atoms with Gasteiger partial charge in [0.1, 0.15) is 5.69 Å². The molecule has 3 N–H and O–H groups in total. The maximum Gasteiger partial charge on any atom is 0.328 e. The van der Waals surface area contributed by atoms with Crippen molar-refractivity contribution in [3.8, 4) is 0 Å². The molecule has 64 heavy (non-hydrogen) atoms. The Bertz CT molecular complexity index is 2470. The van der Waals surface area contributed by atoms with Crippen LogP contribution in [-0.2, 0) is 17.8 Å². The van der Waals surface area contributed by atoms with Gasteiger partial charge in [-0.2, -0.15) is 0 Å². The van der Waals surface area contributed by atoms with Crippen LogP contribution in [0.3, 0.4) is 0 Å². The first-order valence-electron chi connectivity index (χ1n) is 22.4. The van der Waals surface area contributed by atoms with Gasteiger partial charge < -0.3 is 20.4 Å². The number of pyridine rings is 1. The second-order valence-electron chi connectivity index (χ2n) is 17.8. The number of urea groups is 1. The number of anilines is 4. The van der Waals surface area contributed by atoms with E-state index >= 15 is 8.78 Å². The minimum Gasteiger partial charge on any atom is -0.385 e. The van der Waals surface area contributed by atoms with Gasteiger partial charge in [0.15, 0.2) is 17.2 Å². The zero-order valence-electron chi connectivity index (χ0n) is 36.5. The Hall–Kier alpha value is -5.46. The van der Waals surface area contributed by atoms with Crippen LogP contribution in [0.1, 0.15) is 82.7 Å². The van der Waals surface area contributed by atoms with Gasteiger partial charge in [0.2, 0.25) is 5.91 Å². The lowest BCUT2D eigenvalue weighted by Gasteiger charge is -2.46. The number of aryl methyl sites for hydroxylation is 1. The summed E-state index contributed by atoms with van der Waals surface area (Å²) in [5, 5.41) is 13.2. The first-order chi connectivity index (χ1) is 30.8. The molecule has 16 nitrogen and oxygen atoms in total. The van der Waals surface area contributed by atoms with E-state index < -0.39 is 18.0 Å². The van der Waals surface area contributed by atoms with E-state index in [0.29, 0.717) is 92.6 Å². The molecule has 0 radical (unpaired) electrons. The number of carbonyl (C=O) groups is 4. The maximum absolute atomic E-state index is 16.1. The van der Waals surface area contributed by atoms with Crippen molar-refractivity contribution < 1.29 is 28.0 Å². The second kappa shape index (κ2) is 17.8. The minimum absolute atomic E-state index is 0.138. The van der Waals surface area contributed by atoms with Crippen molar-refractivity contribution >= 4 is 63.9 Å². The molecule has 340 valence electrons. The zero-order valence-corrected chi connectivity index (χ0v) is 37.3. The topological polar surface area (TPSA) is 164 Å². The molecule has 0 bridgehead atoms. The molecule has 0 aliphatic carbocycles. The fraction of sp³-hybridized carbons (Fsp3) is 0.533. The summed E-state index contributed by atoms with van der Waals surface area (Å²) >= 11 is 6.51. The molecule has 1 unspecified atom stereocenters. The van der Waals surface area contributed by atoms with Gasteiger partial charge in [0.05, 0.1) is 40.9 Å². The van der Waals surface area contributed by atoms with Crippen molar-refractivity contribution in [2.45, 2.75) is 76.8 Å². The Morgan fingerprint density at radius 3 is 2.36 bits per heavy atom. The summed E-state index contributed by atoms with van der Waals surface area (Å²) in [5.74, 6) is -2.13. The Morgan fingerprint density at radius 1 is 0.922 bits per heavy atom. The van der Waals surface area contributed by atoms with E-state index in [9.17, 15) is 19.2 Å². The van der Waals surface area contributed by atoms with Gasteiger partial charge >= 0.3 is 6.03 Å². The number of piperidine rings is 3. The summed E-state index contributed by atoms with van der Waals surface area (Å²) in [6.45, 7) is 5.79. The van der Waals surface area contributed by atoms with Crippen LogP contribution in [0.5, 0.6) is 0 Å². The number of hydrogen-bond acceptors (Lipinski definition) is 11. The fourth-order valence-corrected chi connectivity index (χ4v) is 10.7. The number of carbonyl (C=O) groups excluding carboxylic acids is 4. The Labute approximate surface area is 375 Å². The summed E-state index contributed by atoms with van der Waals surface area (Å²) in [4.78, 5) is 68.5. The highest BCUT2D eigenvalue weighted by Crippen LogP contribution is 2.40. The van der Waals surface area contributed by atoms with E-state index in [4.69, 9.17) is 16.7 Å². The van der Waals surface area contributed by atoms with Crippen LogP contribution in [0.25, 0.3) is 5.65 Å². The number of rotatable bonds is 10. The van der Waals surface area contributed by atoms with Crippen molar-refractivity contribution in [3.63, 3.8) is 0 Å². The number of halogens is 3. The molecule has 0 saturated carbocycles. The predicted octanol–water partition coefficient (Wildman–Crippen LogP) is 5.49. The second-order valence-corrected chi connectivity index (χ2v) is 18.2. The number of nitrogens with zero attached hydrogens (tertiary/aromatic N) is 9. The molecule has 5 aliphatic heterocycles. The maximum atomic E-state index is 16.1. The number of amides is 5. The van der Waals surface area contributed by atoms with Gasteiger partial charge in [-0.25, -0.2) is 28.1 Å². The number of likely N-dealkylation sites (tertiary alicyclic amines) is 3. The third-order valence-corrected chi connectivity index (χ3v) is 14.4. The normalized spacial score (nSPS) is 21.3. The number of imidazole rings is 1. The molecular weight excluding hydrogens is 846 g/mol. The number of alkyl halides is 2. The highest BCUT2D eigenvalue weighted by Gasteiger charge is 2.48. The van der Waals surface area contributed by atoms with Crippen LogP contribution < -0.4 is 25.8 Å².